The van der Waals surface area contributed by atoms with Crippen LogP contribution >= 0.6 is 0 Å². The smallest absolute Gasteiger partial charge is 0.408 e. The summed E-state index contributed by atoms with van der Waals surface area (Å²) in [6, 6.07) is 3.49. The van der Waals surface area contributed by atoms with E-state index in [4.69, 9.17) is 9.84 Å². The van der Waals surface area contributed by atoms with Crippen molar-refractivity contribution in [3.63, 3.8) is 0 Å². The maximum absolute atomic E-state index is 13.6. The third-order valence-corrected chi connectivity index (χ3v) is 2.67. The Balaban J connectivity index is 2.92. The first-order valence-corrected chi connectivity index (χ1v) is 6.56. The summed E-state index contributed by atoms with van der Waals surface area (Å²) in [5.74, 6) is -1.55. The van der Waals surface area contributed by atoms with Crippen molar-refractivity contribution in [2.45, 2.75) is 45.8 Å². The van der Waals surface area contributed by atoms with Crippen molar-refractivity contribution >= 4 is 12.1 Å². The van der Waals surface area contributed by atoms with E-state index in [1.807, 2.05) is 0 Å². The number of carboxylic acid groups (broad SMARTS) is 1. The number of alkyl carbamates (subject to hydrolysis) is 1. The van der Waals surface area contributed by atoms with Crippen LogP contribution in [0, 0.1) is 12.7 Å². The average Bonchev–Trinajstić information content (AvgIpc) is 2.28. The third kappa shape index (κ3) is 5.81. The van der Waals surface area contributed by atoms with Gasteiger partial charge in [-0.2, -0.15) is 0 Å². The Morgan fingerprint density at radius 2 is 2.00 bits per heavy atom. The zero-order valence-corrected chi connectivity index (χ0v) is 12.6. The molecule has 1 atom stereocenters. The van der Waals surface area contributed by atoms with Crippen molar-refractivity contribution in [2.24, 2.45) is 0 Å². The molecule has 21 heavy (non-hydrogen) atoms. The van der Waals surface area contributed by atoms with Crippen molar-refractivity contribution in [3.05, 3.63) is 35.1 Å². The van der Waals surface area contributed by atoms with Crippen LogP contribution < -0.4 is 5.32 Å². The van der Waals surface area contributed by atoms with Crippen LogP contribution in [0.15, 0.2) is 18.2 Å². The van der Waals surface area contributed by atoms with E-state index in [2.05, 4.69) is 5.32 Å². The number of carbonyl (C=O) groups excluding carboxylic acids is 1. The first kappa shape index (κ1) is 16.9. The second-order valence-corrected chi connectivity index (χ2v) is 5.81. The summed E-state index contributed by atoms with van der Waals surface area (Å²) in [7, 11) is 0. The fourth-order valence-electron chi connectivity index (χ4n) is 1.70. The van der Waals surface area contributed by atoms with Gasteiger partial charge in [-0.15, -0.1) is 0 Å². The van der Waals surface area contributed by atoms with Crippen molar-refractivity contribution in [1.29, 1.82) is 0 Å². The van der Waals surface area contributed by atoms with Crippen LogP contribution in [0.3, 0.4) is 0 Å². The number of nitrogens with one attached hydrogen (secondary N) is 1. The van der Waals surface area contributed by atoms with Crippen LogP contribution in [0.1, 0.15) is 44.4 Å². The molecule has 1 aromatic rings. The highest BCUT2D eigenvalue weighted by Gasteiger charge is 2.23. The lowest BCUT2D eigenvalue weighted by Crippen LogP contribution is -2.35. The molecule has 0 aliphatic rings. The van der Waals surface area contributed by atoms with E-state index in [1.54, 1.807) is 33.8 Å². The zero-order chi connectivity index (χ0) is 16.2. The predicted molar refractivity (Wildman–Crippen MR) is 75.5 cm³/mol. The molecule has 1 amide bonds. The standard InChI is InChI=1S/C15H20FNO4/c1-9-5-6-10(7-11(9)16)12(8-13(18)19)17-14(20)21-15(2,3)4/h5-7,12H,8H2,1-4H3,(H,17,20)(H,18,19). The molecule has 0 bridgehead atoms. The molecular formula is C15H20FNO4. The largest absolute Gasteiger partial charge is 0.481 e. The fraction of sp³-hybridized carbons (Fsp3) is 0.467. The Morgan fingerprint density at radius 1 is 1.38 bits per heavy atom. The maximum atomic E-state index is 13.6. The molecule has 1 unspecified atom stereocenters. The van der Waals surface area contributed by atoms with Crippen LogP contribution in [0.4, 0.5) is 9.18 Å². The maximum Gasteiger partial charge on any atom is 0.408 e. The van der Waals surface area contributed by atoms with Gasteiger partial charge in [0.25, 0.3) is 0 Å². The Kier molecular flexibility index (Phi) is 5.29. The summed E-state index contributed by atoms with van der Waals surface area (Å²) in [4.78, 5) is 22.7. The highest BCUT2D eigenvalue weighted by atomic mass is 19.1. The minimum absolute atomic E-state index is 0.359. The summed E-state index contributed by atoms with van der Waals surface area (Å²) in [6.45, 7) is 6.70. The minimum Gasteiger partial charge on any atom is -0.481 e. The number of ether oxygens (including phenoxy) is 1. The van der Waals surface area contributed by atoms with E-state index in [1.165, 1.54) is 12.1 Å². The monoisotopic (exact) mass is 297 g/mol. The number of aryl methyl sites for hydroxylation is 1. The van der Waals surface area contributed by atoms with E-state index in [0.717, 1.165) is 0 Å². The van der Waals surface area contributed by atoms with E-state index in [9.17, 15) is 14.0 Å². The molecule has 0 fully saturated rings. The number of halogens is 1. The molecule has 6 heteroatoms. The normalized spacial score (nSPS) is 12.6. The average molecular weight is 297 g/mol. The van der Waals surface area contributed by atoms with Crippen molar-refractivity contribution in [1.82, 2.24) is 5.32 Å². The first-order valence-electron chi connectivity index (χ1n) is 6.56. The lowest BCUT2D eigenvalue weighted by Gasteiger charge is -2.23. The molecule has 0 spiro atoms. The number of benzene rings is 1. The predicted octanol–water partition coefficient (Wildman–Crippen LogP) is 3.17. The number of hydrogen-bond donors (Lipinski definition) is 2. The van der Waals surface area contributed by atoms with Gasteiger partial charge >= 0.3 is 12.1 Å². The molecule has 0 aromatic heterocycles. The Hall–Kier alpha value is -2.11. The number of carbonyl (C=O) groups is 2. The molecule has 0 aliphatic heterocycles. The Labute approximate surface area is 123 Å². The van der Waals surface area contributed by atoms with Gasteiger partial charge in [-0.05, 0) is 44.9 Å². The highest BCUT2D eigenvalue weighted by Crippen LogP contribution is 2.20. The lowest BCUT2D eigenvalue weighted by molar-refractivity contribution is -0.137. The van der Waals surface area contributed by atoms with E-state index >= 15 is 0 Å². The van der Waals surface area contributed by atoms with Gasteiger partial charge in [-0.25, -0.2) is 9.18 Å². The molecule has 0 aliphatic carbocycles. The number of carboxylic acids is 1. The number of rotatable bonds is 4. The van der Waals surface area contributed by atoms with Crippen LogP contribution in [-0.4, -0.2) is 22.8 Å². The molecule has 0 saturated carbocycles. The van der Waals surface area contributed by atoms with Gasteiger partial charge in [0, 0.05) is 0 Å². The number of aliphatic carboxylic acids is 1. The molecule has 1 aromatic carbocycles. The van der Waals surface area contributed by atoms with Gasteiger partial charge in [0.05, 0.1) is 12.5 Å². The zero-order valence-electron chi connectivity index (χ0n) is 12.6. The van der Waals surface area contributed by atoms with Crippen LogP contribution in [-0.2, 0) is 9.53 Å². The number of amides is 1. The van der Waals surface area contributed by atoms with Gasteiger partial charge in [-0.3, -0.25) is 4.79 Å². The molecule has 1 rings (SSSR count). The van der Waals surface area contributed by atoms with E-state index in [-0.39, 0.29) is 6.42 Å². The van der Waals surface area contributed by atoms with Crippen LogP contribution in [0.5, 0.6) is 0 Å². The van der Waals surface area contributed by atoms with Gasteiger partial charge in [0.15, 0.2) is 0 Å². The quantitative estimate of drug-likeness (QED) is 0.895. The van der Waals surface area contributed by atoms with Gasteiger partial charge in [0.1, 0.15) is 11.4 Å². The molecule has 0 radical (unpaired) electrons. The summed E-state index contributed by atoms with van der Waals surface area (Å²) in [5, 5.41) is 11.4. The van der Waals surface area contributed by atoms with Crippen molar-refractivity contribution < 1.29 is 23.8 Å². The Bertz CT molecular complexity index is 537. The molecule has 0 heterocycles. The lowest BCUT2D eigenvalue weighted by atomic mass is 10.0. The molecule has 0 saturated heterocycles. The molecule has 116 valence electrons. The summed E-state index contributed by atoms with van der Waals surface area (Å²) >= 11 is 0. The summed E-state index contributed by atoms with van der Waals surface area (Å²) in [5.41, 5.74) is 0.132. The minimum atomic E-state index is -1.10. The van der Waals surface area contributed by atoms with Crippen molar-refractivity contribution in [2.75, 3.05) is 0 Å². The number of hydrogen-bond acceptors (Lipinski definition) is 3. The third-order valence-electron chi connectivity index (χ3n) is 2.67. The highest BCUT2D eigenvalue weighted by molar-refractivity contribution is 5.72. The SMILES string of the molecule is Cc1ccc(C(CC(=O)O)NC(=O)OC(C)(C)C)cc1F. The van der Waals surface area contributed by atoms with Gasteiger partial charge in [-0.1, -0.05) is 12.1 Å². The van der Waals surface area contributed by atoms with E-state index < -0.39 is 29.5 Å². The van der Waals surface area contributed by atoms with E-state index in [0.29, 0.717) is 11.1 Å². The fourth-order valence-corrected chi connectivity index (χ4v) is 1.70. The van der Waals surface area contributed by atoms with Gasteiger partial charge in [0.2, 0.25) is 0 Å². The topological polar surface area (TPSA) is 75.6 Å². The summed E-state index contributed by atoms with van der Waals surface area (Å²) < 4.78 is 18.7. The Morgan fingerprint density at radius 3 is 2.48 bits per heavy atom. The second kappa shape index (κ2) is 6.56. The molecular weight excluding hydrogens is 277 g/mol. The van der Waals surface area contributed by atoms with Gasteiger partial charge < -0.3 is 15.2 Å². The summed E-state index contributed by atoms with van der Waals surface area (Å²) in [6.07, 6.45) is -1.10. The van der Waals surface area contributed by atoms with Crippen LogP contribution in [0.25, 0.3) is 0 Å². The second-order valence-electron chi connectivity index (χ2n) is 5.81. The first-order chi connectivity index (χ1) is 9.58. The van der Waals surface area contributed by atoms with Crippen LogP contribution in [0.2, 0.25) is 0 Å². The molecule has 2 N–H and O–H groups in total. The van der Waals surface area contributed by atoms with Crippen molar-refractivity contribution in [3.8, 4) is 0 Å². The molecule has 5 nitrogen and oxygen atoms in total.